The zero-order valence-electron chi connectivity index (χ0n) is 13.4. The van der Waals surface area contributed by atoms with Crippen LogP contribution in [0.4, 0.5) is 0 Å². The van der Waals surface area contributed by atoms with Gasteiger partial charge in [-0.15, -0.1) is 0 Å². The van der Waals surface area contributed by atoms with Crippen LogP contribution < -0.4 is 10.1 Å². The third-order valence-electron chi connectivity index (χ3n) is 3.20. The van der Waals surface area contributed by atoms with Crippen molar-refractivity contribution in [1.82, 2.24) is 5.32 Å². The third-order valence-corrected chi connectivity index (χ3v) is 4.80. The summed E-state index contributed by atoms with van der Waals surface area (Å²) in [7, 11) is 0. The predicted octanol–water partition coefficient (Wildman–Crippen LogP) is 4.73. The first-order valence-corrected chi connectivity index (χ1v) is 9.43. The molecule has 0 aromatic heterocycles. The first kappa shape index (κ1) is 19.0. The van der Waals surface area contributed by atoms with E-state index in [4.69, 9.17) is 27.9 Å². The van der Waals surface area contributed by atoms with Gasteiger partial charge in [-0.3, -0.25) is 4.79 Å². The lowest BCUT2D eigenvalue weighted by Crippen LogP contribution is -2.30. The molecule has 0 heterocycles. The van der Waals surface area contributed by atoms with E-state index in [0.29, 0.717) is 22.3 Å². The van der Waals surface area contributed by atoms with Gasteiger partial charge in [-0.2, -0.15) is 11.8 Å². The molecule has 24 heavy (non-hydrogen) atoms. The molecule has 0 saturated carbocycles. The maximum absolute atomic E-state index is 11.7. The number of ether oxygens (including phenoxy) is 1. The van der Waals surface area contributed by atoms with Crippen molar-refractivity contribution in [2.24, 2.45) is 0 Å². The van der Waals surface area contributed by atoms with Gasteiger partial charge in [0.25, 0.3) is 5.91 Å². The highest BCUT2D eigenvalue weighted by Crippen LogP contribution is 2.24. The Morgan fingerprint density at radius 2 is 2.04 bits per heavy atom. The van der Waals surface area contributed by atoms with Crippen LogP contribution in [0.3, 0.4) is 0 Å². The summed E-state index contributed by atoms with van der Waals surface area (Å²) in [6, 6.07) is 13.1. The molecule has 3 nitrogen and oxygen atoms in total. The molecule has 0 bridgehead atoms. The number of aryl methyl sites for hydroxylation is 1. The summed E-state index contributed by atoms with van der Waals surface area (Å²) in [4.78, 5) is 11.7. The minimum atomic E-state index is -0.123. The lowest BCUT2D eigenvalue weighted by atomic mass is 10.2. The Balaban J connectivity index is 1.61. The maximum Gasteiger partial charge on any atom is 0.257 e. The Hall–Kier alpha value is -1.36. The van der Waals surface area contributed by atoms with Crippen LogP contribution in [-0.4, -0.2) is 24.8 Å². The number of amides is 1. The second kappa shape index (κ2) is 9.82. The molecular weight excluding hydrogens is 365 g/mol. The molecule has 0 unspecified atom stereocenters. The van der Waals surface area contributed by atoms with Crippen molar-refractivity contribution in [3.63, 3.8) is 0 Å². The fourth-order valence-corrected chi connectivity index (χ4v) is 3.41. The van der Waals surface area contributed by atoms with Crippen molar-refractivity contribution in [2.45, 2.75) is 12.7 Å². The van der Waals surface area contributed by atoms with Gasteiger partial charge in [-0.1, -0.05) is 41.4 Å². The van der Waals surface area contributed by atoms with Crippen molar-refractivity contribution in [1.29, 1.82) is 0 Å². The minimum absolute atomic E-state index is 0.0249. The van der Waals surface area contributed by atoms with Crippen molar-refractivity contribution >= 4 is 40.9 Å². The van der Waals surface area contributed by atoms with Gasteiger partial charge in [0, 0.05) is 28.1 Å². The monoisotopic (exact) mass is 383 g/mol. The van der Waals surface area contributed by atoms with Gasteiger partial charge in [0.15, 0.2) is 6.61 Å². The molecule has 2 rings (SSSR count). The number of rotatable bonds is 8. The number of benzene rings is 2. The summed E-state index contributed by atoms with van der Waals surface area (Å²) >= 11 is 13.7. The largest absolute Gasteiger partial charge is 0.484 e. The van der Waals surface area contributed by atoms with Gasteiger partial charge in [0.1, 0.15) is 5.75 Å². The number of thioether (sulfide) groups is 1. The fraction of sp³-hybridized carbons (Fsp3) is 0.278. The summed E-state index contributed by atoms with van der Waals surface area (Å²) in [5.74, 6) is 2.17. The van der Waals surface area contributed by atoms with Crippen LogP contribution in [0.1, 0.15) is 11.1 Å². The van der Waals surface area contributed by atoms with E-state index < -0.39 is 0 Å². The molecule has 0 radical (unpaired) electrons. The molecule has 128 valence electrons. The molecule has 0 aliphatic rings. The molecule has 1 amide bonds. The second-order valence-electron chi connectivity index (χ2n) is 5.24. The normalized spacial score (nSPS) is 10.5. The van der Waals surface area contributed by atoms with Gasteiger partial charge in [-0.05, 0) is 42.3 Å². The van der Waals surface area contributed by atoms with E-state index in [1.54, 1.807) is 17.8 Å². The van der Waals surface area contributed by atoms with Crippen molar-refractivity contribution < 1.29 is 9.53 Å². The topological polar surface area (TPSA) is 38.3 Å². The smallest absolute Gasteiger partial charge is 0.257 e. The zero-order valence-corrected chi connectivity index (χ0v) is 15.7. The highest BCUT2D eigenvalue weighted by atomic mass is 35.5. The van der Waals surface area contributed by atoms with Crippen molar-refractivity contribution in [3.8, 4) is 5.75 Å². The highest BCUT2D eigenvalue weighted by Gasteiger charge is 2.04. The van der Waals surface area contributed by atoms with Crippen LogP contribution in [-0.2, 0) is 10.5 Å². The average Bonchev–Trinajstić information content (AvgIpc) is 2.54. The van der Waals surface area contributed by atoms with E-state index >= 15 is 0 Å². The number of nitrogens with one attached hydrogen (secondary N) is 1. The fourth-order valence-electron chi connectivity index (χ4n) is 1.99. The molecule has 0 spiro atoms. The third kappa shape index (κ3) is 6.63. The summed E-state index contributed by atoms with van der Waals surface area (Å²) in [6.45, 7) is 2.60. The van der Waals surface area contributed by atoms with Crippen molar-refractivity contribution in [2.75, 3.05) is 18.9 Å². The summed E-state index contributed by atoms with van der Waals surface area (Å²) in [5.41, 5.74) is 2.14. The van der Waals surface area contributed by atoms with E-state index in [1.807, 2.05) is 43.3 Å². The molecular formula is C18H19Cl2NO2S. The molecule has 0 saturated heterocycles. The number of hydrogen-bond acceptors (Lipinski definition) is 3. The number of hydrogen-bond donors (Lipinski definition) is 1. The zero-order chi connectivity index (χ0) is 17.4. The van der Waals surface area contributed by atoms with Crippen molar-refractivity contribution in [3.05, 3.63) is 63.6 Å². The summed E-state index contributed by atoms with van der Waals surface area (Å²) in [5, 5.41) is 4.14. The Kier molecular flexibility index (Phi) is 7.76. The molecule has 0 fully saturated rings. The molecule has 6 heteroatoms. The lowest BCUT2D eigenvalue weighted by molar-refractivity contribution is -0.122. The van der Waals surface area contributed by atoms with Gasteiger partial charge in [0.05, 0.1) is 0 Å². The van der Waals surface area contributed by atoms with Gasteiger partial charge < -0.3 is 10.1 Å². The quantitative estimate of drug-likeness (QED) is 0.669. The first-order chi connectivity index (χ1) is 11.5. The average molecular weight is 384 g/mol. The van der Waals surface area contributed by atoms with Crippen LogP contribution in [0.15, 0.2) is 42.5 Å². The second-order valence-corrected chi connectivity index (χ2v) is 7.19. The van der Waals surface area contributed by atoms with Crippen LogP contribution in [0.25, 0.3) is 0 Å². The Morgan fingerprint density at radius 1 is 1.21 bits per heavy atom. The maximum atomic E-state index is 11.7. The van der Waals surface area contributed by atoms with Crippen LogP contribution in [0.5, 0.6) is 5.75 Å². The van der Waals surface area contributed by atoms with Gasteiger partial charge >= 0.3 is 0 Å². The molecule has 0 aliphatic heterocycles. The first-order valence-electron chi connectivity index (χ1n) is 7.52. The summed E-state index contributed by atoms with van der Waals surface area (Å²) < 4.78 is 5.45. The van der Waals surface area contributed by atoms with Gasteiger partial charge in [-0.25, -0.2) is 0 Å². The highest BCUT2D eigenvalue weighted by molar-refractivity contribution is 7.98. The number of carbonyl (C=O) groups is 1. The van der Waals surface area contributed by atoms with E-state index in [0.717, 1.165) is 22.6 Å². The van der Waals surface area contributed by atoms with Gasteiger partial charge in [0.2, 0.25) is 0 Å². The van der Waals surface area contributed by atoms with Crippen LogP contribution in [0.2, 0.25) is 10.0 Å². The van der Waals surface area contributed by atoms with E-state index in [-0.39, 0.29) is 12.5 Å². The molecule has 1 N–H and O–H groups in total. The Bertz CT molecular complexity index is 694. The number of carbonyl (C=O) groups excluding carboxylic acids is 1. The van der Waals surface area contributed by atoms with E-state index in [1.165, 1.54) is 0 Å². The Morgan fingerprint density at radius 3 is 2.79 bits per heavy atom. The minimum Gasteiger partial charge on any atom is -0.484 e. The molecule has 0 atom stereocenters. The standard InChI is InChI=1S/C18H19Cl2NO2S/c1-13-3-2-4-16(9-13)23-11-18(22)21-7-8-24-12-14-5-6-15(19)10-17(14)20/h2-6,9-10H,7-8,11-12H2,1H3,(H,21,22). The predicted molar refractivity (Wildman–Crippen MR) is 102 cm³/mol. The van der Waals surface area contributed by atoms with E-state index in [9.17, 15) is 4.79 Å². The summed E-state index contributed by atoms with van der Waals surface area (Å²) in [6.07, 6.45) is 0. The Labute approximate surface area is 156 Å². The SMILES string of the molecule is Cc1cccc(OCC(=O)NCCSCc2ccc(Cl)cc2Cl)c1. The van der Waals surface area contributed by atoms with Crippen LogP contribution in [0, 0.1) is 6.92 Å². The molecule has 0 aliphatic carbocycles. The van der Waals surface area contributed by atoms with E-state index in [2.05, 4.69) is 5.32 Å². The molecule has 2 aromatic carbocycles. The lowest BCUT2D eigenvalue weighted by Gasteiger charge is -2.08. The van der Waals surface area contributed by atoms with Crippen LogP contribution >= 0.6 is 35.0 Å². The number of halogens is 2. The molecule has 2 aromatic rings.